The van der Waals surface area contributed by atoms with Crippen molar-refractivity contribution in [3.63, 3.8) is 0 Å². The van der Waals surface area contributed by atoms with Crippen molar-refractivity contribution < 1.29 is 23.8 Å². The lowest BCUT2D eigenvalue weighted by Gasteiger charge is -2.16. The van der Waals surface area contributed by atoms with Crippen LogP contribution < -0.4 is 24.8 Å². The van der Waals surface area contributed by atoms with Crippen molar-refractivity contribution in [2.45, 2.75) is 13.3 Å². The molecule has 0 saturated carbocycles. The zero-order valence-electron chi connectivity index (χ0n) is 18.3. The predicted octanol–water partition coefficient (Wildman–Crippen LogP) is 4.54. The Labute approximate surface area is 187 Å². The minimum atomic E-state index is -0.356. The number of rotatable bonds is 9. The third kappa shape index (κ3) is 5.78. The van der Waals surface area contributed by atoms with Crippen LogP contribution in [0.4, 0.5) is 11.4 Å². The first kappa shape index (κ1) is 22.7. The lowest BCUT2D eigenvalue weighted by atomic mass is 10.2. The van der Waals surface area contributed by atoms with E-state index < -0.39 is 0 Å². The van der Waals surface area contributed by atoms with Crippen molar-refractivity contribution in [2.75, 3.05) is 31.5 Å². The first-order valence-electron chi connectivity index (χ1n) is 10.2. The van der Waals surface area contributed by atoms with Crippen molar-refractivity contribution in [2.24, 2.45) is 0 Å². The number of aryl methyl sites for hydroxylation is 1. The van der Waals surface area contributed by atoms with E-state index >= 15 is 0 Å². The van der Waals surface area contributed by atoms with Crippen LogP contribution >= 0.6 is 0 Å². The molecule has 3 aromatic rings. The van der Waals surface area contributed by atoms with Crippen LogP contribution in [0.5, 0.6) is 17.2 Å². The fourth-order valence-corrected chi connectivity index (χ4v) is 3.03. The van der Waals surface area contributed by atoms with Crippen molar-refractivity contribution in [3.05, 3.63) is 77.9 Å². The largest absolute Gasteiger partial charge is 0.494 e. The van der Waals surface area contributed by atoms with Gasteiger partial charge in [-0.1, -0.05) is 37.3 Å². The van der Waals surface area contributed by atoms with Crippen LogP contribution in [0.3, 0.4) is 0 Å². The summed E-state index contributed by atoms with van der Waals surface area (Å²) in [5.74, 6) is 0.716. The van der Waals surface area contributed by atoms with Crippen molar-refractivity contribution in [1.82, 2.24) is 0 Å². The zero-order chi connectivity index (χ0) is 22.9. The van der Waals surface area contributed by atoms with Gasteiger partial charge in [-0.3, -0.25) is 9.59 Å². The second-order valence-corrected chi connectivity index (χ2v) is 6.91. The molecule has 0 spiro atoms. The van der Waals surface area contributed by atoms with Crippen LogP contribution in [-0.4, -0.2) is 32.6 Å². The summed E-state index contributed by atoms with van der Waals surface area (Å²) in [6, 6.07) is 19.6. The van der Waals surface area contributed by atoms with E-state index in [1.54, 1.807) is 36.4 Å². The summed E-state index contributed by atoms with van der Waals surface area (Å²) in [5.41, 5.74) is 2.52. The second-order valence-electron chi connectivity index (χ2n) is 6.91. The highest BCUT2D eigenvalue weighted by Gasteiger charge is 2.16. The number of carbonyl (C=O) groups is 2. The normalized spacial score (nSPS) is 10.2. The molecular formula is C25H26N2O5. The van der Waals surface area contributed by atoms with Gasteiger partial charge in [-0.05, 0) is 36.2 Å². The maximum Gasteiger partial charge on any atom is 0.262 e. The molecule has 0 aliphatic rings. The van der Waals surface area contributed by atoms with Gasteiger partial charge in [-0.25, -0.2) is 0 Å². The summed E-state index contributed by atoms with van der Waals surface area (Å²) < 4.78 is 16.4. The molecular weight excluding hydrogens is 408 g/mol. The van der Waals surface area contributed by atoms with Crippen molar-refractivity contribution in [3.8, 4) is 17.2 Å². The molecule has 166 valence electrons. The number of benzene rings is 3. The van der Waals surface area contributed by atoms with Crippen molar-refractivity contribution >= 4 is 23.2 Å². The van der Waals surface area contributed by atoms with Crippen molar-refractivity contribution in [1.29, 1.82) is 0 Å². The molecule has 2 N–H and O–H groups in total. The summed E-state index contributed by atoms with van der Waals surface area (Å²) in [6.07, 6.45) is 0.935. The minimum Gasteiger partial charge on any atom is -0.494 e. The Kier molecular flexibility index (Phi) is 7.70. The fraction of sp³-hybridized carbons (Fsp3) is 0.200. The Hall–Kier alpha value is -4.00. The van der Waals surface area contributed by atoms with E-state index in [0.717, 1.165) is 6.42 Å². The molecule has 32 heavy (non-hydrogen) atoms. The van der Waals surface area contributed by atoms with E-state index in [1.807, 2.05) is 30.3 Å². The standard InChI is InChI=1S/C25H26N2O5/c1-4-17-10-12-19(13-11-17)32-16-24(28)26-20-14-23(31-3)21(15-22(20)30-2)27-25(29)18-8-6-5-7-9-18/h5-15H,4,16H2,1-3H3,(H,26,28)(H,27,29). The molecule has 0 aromatic heterocycles. The molecule has 0 heterocycles. The molecule has 0 radical (unpaired) electrons. The van der Waals surface area contributed by atoms with E-state index in [4.69, 9.17) is 14.2 Å². The highest BCUT2D eigenvalue weighted by molar-refractivity contribution is 6.05. The van der Waals surface area contributed by atoms with Gasteiger partial charge >= 0.3 is 0 Å². The lowest BCUT2D eigenvalue weighted by molar-refractivity contribution is -0.118. The van der Waals surface area contributed by atoms with Crippen LogP contribution in [0.2, 0.25) is 0 Å². The summed E-state index contributed by atoms with van der Waals surface area (Å²) in [7, 11) is 2.96. The SMILES string of the molecule is CCc1ccc(OCC(=O)Nc2cc(OC)c(NC(=O)c3ccccc3)cc2OC)cc1. The average Bonchev–Trinajstić information content (AvgIpc) is 2.84. The predicted molar refractivity (Wildman–Crippen MR) is 124 cm³/mol. The molecule has 0 unspecified atom stereocenters. The maximum absolute atomic E-state index is 12.5. The molecule has 0 fully saturated rings. The van der Waals surface area contributed by atoms with Gasteiger partial charge in [0, 0.05) is 17.7 Å². The molecule has 3 aromatic carbocycles. The molecule has 0 aliphatic carbocycles. The lowest BCUT2D eigenvalue weighted by Crippen LogP contribution is -2.21. The van der Waals surface area contributed by atoms with Crippen LogP contribution in [0.15, 0.2) is 66.7 Å². The third-order valence-corrected chi connectivity index (χ3v) is 4.78. The molecule has 3 rings (SSSR count). The van der Waals surface area contributed by atoms with Gasteiger partial charge in [-0.2, -0.15) is 0 Å². The fourth-order valence-electron chi connectivity index (χ4n) is 3.03. The van der Waals surface area contributed by atoms with Crippen LogP contribution in [-0.2, 0) is 11.2 Å². The van der Waals surface area contributed by atoms with E-state index in [2.05, 4.69) is 17.6 Å². The van der Waals surface area contributed by atoms with E-state index in [-0.39, 0.29) is 18.4 Å². The van der Waals surface area contributed by atoms with Crippen LogP contribution in [0.1, 0.15) is 22.8 Å². The van der Waals surface area contributed by atoms with Gasteiger partial charge < -0.3 is 24.8 Å². The number of hydrogen-bond acceptors (Lipinski definition) is 5. The highest BCUT2D eigenvalue weighted by Crippen LogP contribution is 2.36. The molecule has 0 saturated heterocycles. The number of nitrogens with one attached hydrogen (secondary N) is 2. The van der Waals surface area contributed by atoms with Crippen LogP contribution in [0.25, 0.3) is 0 Å². The summed E-state index contributed by atoms with van der Waals surface area (Å²) in [4.78, 5) is 24.9. The molecule has 0 aliphatic heterocycles. The Morgan fingerprint density at radius 1 is 0.812 bits per heavy atom. The van der Waals surface area contributed by atoms with E-state index in [0.29, 0.717) is 34.2 Å². The van der Waals surface area contributed by atoms with Gasteiger partial charge in [0.15, 0.2) is 6.61 Å². The highest BCUT2D eigenvalue weighted by atomic mass is 16.5. The quantitative estimate of drug-likeness (QED) is 0.517. The van der Waals surface area contributed by atoms with Gasteiger partial charge in [-0.15, -0.1) is 0 Å². The first-order valence-corrected chi connectivity index (χ1v) is 10.2. The maximum atomic E-state index is 12.5. The Morgan fingerprint density at radius 3 is 1.97 bits per heavy atom. The molecule has 2 amide bonds. The first-order chi connectivity index (χ1) is 15.5. The van der Waals surface area contributed by atoms with Gasteiger partial charge in [0.05, 0.1) is 25.6 Å². The summed E-state index contributed by atoms with van der Waals surface area (Å²) in [6.45, 7) is 1.91. The van der Waals surface area contributed by atoms with E-state index in [1.165, 1.54) is 19.8 Å². The Bertz CT molecular complexity index is 1070. The van der Waals surface area contributed by atoms with Gasteiger partial charge in [0.2, 0.25) is 0 Å². The molecule has 7 nitrogen and oxygen atoms in total. The molecule has 7 heteroatoms. The topological polar surface area (TPSA) is 85.9 Å². The average molecular weight is 434 g/mol. The molecule has 0 bridgehead atoms. The zero-order valence-corrected chi connectivity index (χ0v) is 18.3. The number of hydrogen-bond donors (Lipinski definition) is 2. The van der Waals surface area contributed by atoms with E-state index in [9.17, 15) is 9.59 Å². The van der Waals surface area contributed by atoms with Gasteiger partial charge in [0.1, 0.15) is 17.2 Å². The monoisotopic (exact) mass is 434 g/mol. The van der Waals surface area contributed by atoms with Gasteiger partial charge in [0.25, 0.3) is 11.8 Å². The summed E-state index contributed by atoms with van der Waals surface area (Å²) in [5, 5.41) is 5.57. The number of amides is 2. The summed E-state index contributed by atoms with van der Waals surface area (Å²) >= 11 is 0. The van der Waals surface area contributed by atoms with Crippen LogP contribution in [0, 0.1) is 0 Å². The third-order valence-electron chi connectivity index (χ3n) is 4.78. The number of carbonyl (C=O) groups excluding carboxylic acids is 2. The second kappa shape index (κ2) is 10.9. The smallest absolute Gasteiger partial charge is 0.262 e. The Morgan fingerprint density at radius 2 is 1.41 bits per heavy atom. The number of ether oxygens (including phenoxy) is 3. The number of anilines is 2. The number of methoxy groups -OCH3 is 2. The Balaban J connectivity index is 1.70. The molecule has 0 atom stereocenters. The minimum absolute atomic E-state index is 0.163.